The number of alkyl halides is 2. The average molecular weight is 664 g/mol. The fraction of sp³-hybridized carbons (Fsp3) is 0.156. The van der Waals surface area contributed by atoms with E-state index in [1.807, 2.05) is 0 Å². The van der Waals surface area contributed by atoms with E-state index in [1.165, 1.54) is 38.2 Å². The van der Waals surface area contributed by atoms with Gasteiger partial charge in [0.1, 0.15) is 28.6 Å². The summed E-state index contributed by atoms with van der Waals surface area (Å²) < 4.78 is 83.9. The number of ether oxygens (including phenoxy) is 1. The highest BCUT2D eigenvalue weighted by Crippen LogP contribution is 2.43. The molecule has 0 unspecified atom stereocenters. The molecule has 6 aromatic rings. The molecule has 47 heavy (non-hydrogen) atoms. The molecular formula is C32H24F3N5O6S. The van der Waals surface area contributed by atoms with Gasteiger partial charge in [0.05, 0.1) is 33.9 Å². The Kier molecular flexibility index (Phi) is 7.08. The summed E-state index contributed by atoms with van der Waals surface area (Å²) >= 11 is 0. The summed E-state index contributed by atoms with van der Waals surface area (Å²) in [5.41, 5.74) is 1.24. The quantitative estimate of drug-likeness (QED) is 0.215. The molecule has 0 aliphatic carbocycles. The number of carbonyl (C=O) groups is 1. The summed E-state index contributed by atoms with van der Waals surface area (Å²) in [5, 5.41) is 3.11. The van der Waals surface area contributed by atoms with Crippen LogP contribution in [0.2, 0.25) is 0 Å². The SMILES string of the molecule is CCS(=O)(=O)Nc1cc2oc(-c3ccc(=O)n(C(F)F)c3)c(C(=O)NC)c2cc1-c1ccc2c(n1)-c1cc3c(F)cccc3n1CO2. The molecule has 240 valence electrons. The maximum absolute atomic E-state index is 14.7. The lowest BCUT2D eigenvalue weighted by Crippen LogP contribution is -2.20. The molecule has 0 spiro atoms. The number of benzene rings is 2. The predicted octanol–water partition coefficient (Wildman–Crippen LogP) is 5.95. The summed E-state index contributed by atoms with van der Waals surface area (Å²) in [6, 6.07) is 14.7. The maximum atomic E-state index is 14.7. The largest absolute Gasteiger partial charge is 0.470 e. The van der Waals surface area contributed by atoms with Gasteiger partial charge in [-0.1, -0.05) is 6.07 Å². The first-order valence-electron chi connectivity index (χ1n) is 14.3. The van der Waals surface area contributed by atoms with Crippen LogP contribution in [0.5, 0.6) is 5.75 Å². The summed E-state index contributed by atoms with van der Waals surface area (Å²) in [7, 11) is -2.47. The van der Waals surface area contributed by atoms with Crippen molar-refractivity contribution < 1.29 is 35.5 Å². The summed E-state index contributed by atoms with van der Waals surface area (Å²) in [6.45, 7) is -1.57. The van der Waals surface area contributed by atoms with E-state index in [-0.39, 0.29) is 61.9 Å². The van der Waals surface area contributed by atoms with Crippen molar-refractivity contribution in [2.45, 2.75) is 20.2 Å². The number of furan rings is 1. The molecule has 0 fully saturated rings. The summed E-state index contributed by atoms with van der Waals surface area (Å²) in [6.07, 6.45) is 0.881. The van der Waals surface area contributed by atoms with E-state index < -0.39 is 33.9 Å². The van der Waals surface area contributed by atoms with Crippen LogP contribution in [-0.2, 0) is 16.8 Å². The molecule has 1 aliphatic heterocycles. The highest BCUT2D eigenvalue weighted by Gasteiger charge is 2.27. The van der Waals surface area contributed by atoms with Crippen molar-refractivity contribution in [1.82, 2.24) is 19.4 Å². The third kappa shape index (κ3) is 4.99. The Labute approximate surface area is 264 Å². The Morgan fingerprint density at radius 1 is 1.09 bits per heavy atom. The lowest BCUT2D eigenvalue weighted by atomic mass is 10.0. The number of amides is 1. The molecule has 0 bridgehead atoms. The third-order valence-corrected chi connectivity index (χ3v) is 9.25. The van der Waals surface area contributed by atoms with E-state index >= 15 is 0 Å². The van der Waals surface area contributed by atoms with Crippen LogP contribution in [0.1, 0.15) is 23.8 Å². The molecule has 1 amide bonds. The molecule has 2 N–H and O–H groups in total. The highest BCUT2D eigenvalue weighted by atomic mass is 32.2. The number of nitrogens with zero attached hydrogens (tertiary/aromatic N) is 3. The first kappa shape index (κ1) is 30.1. The van der Waals surface area contributed by atoms with Crippen LogP contribution in [0.3, 0.4) is 0 Å². The van der Waals surface area contributed by atoms with E-state index in [2.05, 4.69) is 10.0 Å². The van der Waals surface area contributed by atoms with Crippen LogP contribution in [0.25, 0.3) is 55.8 Å². The molecule has 0 radical (unpaired) electrons. The Balaban J connectivity index is 1.48. The van der Waals surface area contributed by atoms with Crippen LogP contribution in [0.15, 0.2) is 76.1 Å². The van der Waals surface area contributed by atoms with Crippen LogP contribution in [0.4, 0.5) is 18.9 Å². The van der Waals surface area contributed by atoms with E-state index in [0.29, 0.717) is 28.0 Å². The van der Waals surface area contributed by atoms with Crippen molar-refractivity contribution in [2.24, 2.45) is 0 Å². The van der Waals surface area contributed by atoms with E-state index in [0.717, 1.165) is 12.3 Å². The fourth-order valence-corrected chi connectivity index (χ4v) is 6.29. The molecule has 1 aliphatic rings. The zero-order valence-electron chi connectivity index (χ0n) is 24.7. The Morgan fingerprint density at radius 2 is 1.89 bits per heavy atom. The van der Waals surface area contributed by atoms with Gasteiger partial charge in [-0.15, -0.1) is 0 Å². The fourth-order valence-electron chi connectivity index (χ4n) is 5.64. The third-order valence-electron chi connectivity index (χ3n) is 7.96. The normalized spacial score (nSPS) is 12.6. The van der Waals surface area contributed by atoms with Crippen molar-refractivity contribution in [2.75, 3.05) is 17.5 Å². The lowest BCUT2D eigenvalue weighted by molar-refractivity contribution is 0.0665. The topological polar surface area (TPSA) is 137 Å². The summed E-state index contributed by atoms with van der Waals surface area (Å²) in [4.78, 5) is 30.1. The predicted molar refractivity (Wildman–Crippen MR) is 168 cm³/mol. The molecule has 4 aromatic heterocycles. The van der Waals surface area contributed by atoms with E-state index in [4.69, 9.17) is 14.1 Å². The van der Waals surface area contributed by atoms with E-state index in [9.17, 15) is 31.2 Å². The first-order valence-corrected chi connectivity index (χ1v) is 15.9. The number of hydrogen-bond donors (Lipinski definition) is 2. The molecule has 2 aromatic carbocycles. The number of carbonyl (C=O) groups excluding carboxylic acids is 1. The van der Waals surface area contributed by atoms with Crippen LogP contribution < -0.4 is 20.3 Å². The lowest BCUT2D eigenvalue weighted by Gasteiger charge is -2.21. The average Bonchev–Trinajstić information content (AvgIpc) is 3.63. The zero-order valence-corrected chi connectivity index (χ0v) is 25.5. The van der Waals surface area contributed by atoms with Gasteiger partial charge < -0.3 is 19.0 Å². The van der Waals surface area contributed by atoms with Gasteiger partial charge in [0, 0.05) is 47.3 Å². The Morgan fingerprint density at radius 3 is 2.64 bits per heavy atom. The van der Waals surface area contributed by atoms with E-state index in [1.54, 1.807) is 34.9 Å². The van der Waals surface area contributed by atoms with Gasteiger partial charge in [0.15, 0.2) is 6.73 Å². The number of hydrogen-bond acceptors (Lipinski definition) is 7. The van der Waals surface area contributed by atoms with Gasteiger partial charge in [-0.25, -0.2) is 17.8 Å². The van der Waals surface area contributed by atoms with Crippen molar-refractivity contribution in [3.63, 3.8) is 0 Å². The number of nitrogens with one attached hydrogen (secondary N) is 2. The van der Waals surface area contributed by atoms with Gasteiger partial charge in [0.25, 0.3) is 11.5 Å². The minimum absolute atomic E-state index is 0.0149. The Bertz CT molecular complexity index is 2430. The first-order chi connectivity index (χ1) is 22.5. The number of sulfonamides is 1. The molecule has 5 heterocycles. The minimum Gasteiger partial charge on any atom is -0.470 e. The van der Waals surface area contributed by atoms with Crippen molar-refractivity contribution in [3.8, 4) is 39.7 Å². The standard InChI is InChI=1S/C32H24F3N5O6S/c1-3-47(43,44)38-22-13-26-19(28(31(42)36-2)30(46-26)16-7-10-27(41)39(14-16)32(34)35)11-18(22)21-8-9-25-29(37-21)24-12-17-20(33)5-4-6-23(17)40(24)15-45-25/h4-14,32,38H,3,15H2,1-2H3,(H,36,42). The maximum Gasteiger partial charge on any atom is 0.321 e. The molecular weight excluding hydrogens is 639 g/mol. The van der Waals surface area contributed by atoms with Gasteiger partial charge in [-0.05, 0) is 49.4 Å². The molecule has 0 saturated carbocycles. The number of halogens is 3. The second kappa shape index (κ2) is 11.0. The summed E-state index contributed by atoms with van der Waals surface area (Å²) in [5.74, 6) is -0.991. The molecule has 0 saturated heterocycles. The molecule has 11 nitrogen and oxygen atoms in total. The van der Waals surface area contributed by atoms with Gasteiger partial charge in [0.2, 0.25) is 10.0 Å². The number of anilines is 1. The Hall–Kier alpha value is -5.57. The van der Waals surface area contributed by atoms with Crippen LogP contribution in [-0.4, -0.2) is 41.2 Å². The zero-order chi connectivity index (χ0) is 33.2. The molecule has 0 atom stereocenters. The van der Waals surface area contributed by atoms with Crippen LogP contribution in [0, 0.1) is 5.82 Å². The monoisotopic (exact) mass is 663 g/mol. The molecule has 15 heteroatoms. The second-order valence-electron chi connectivity index (χ2n) is 10.7. The van der Waals surface area contributed by atoms with Crippen molar-refractivity contribution >= 4 is 43.5 Å². The van der Waals surface area contributed by atoms with Crippen LogP contribution >= 0.6 is 0 Å². The van der Waals surface area contributed by atoms with Gasteiger partial charge >= 0.3 is 6.55 Å². The highest BCUT2D eigenvalue weighted by molar-refractivity contribution is 7.92. The van der Waals surface area contributed by atoms with Gasteiger partial charge in [-0.2, -0.15) is 8.78 Å². The number of fused-ring (bicyclic) bond motifs is 6. The second-order valence-corrected chi connectivity index (χ2v) is 12.7. The smallest absolute Gasteiger partial charge is 0.321 e. The molecule has 7 rings (SSSR count). The van der Waals surface area contributed by atoms with Crippen molar-refractivity contribution in [3.05, 3.63) is 88.6 Å². The van der Waals surface area contributed by atoms with Gasteiger partial charge in [-0.3, -0.25) is 18.9 Å². The number of rotatable bonds is 7. The number of aromatic nitrogens is 3. The number of pyridine rings is 2. The minimum atomic E-state index is -3.85. The van der Waals surface area contributed by atoms with Crippen molar-refractivity contribution in [1.29, 1.82) is 0 Å².